The molecule has 104 valence electrons. The Kier molecular flexibility index (Phi) is 3.99. The molecule has 1 aromatic carbocycles. The lowest BCUT2D eigenvalue weighted by Crippen LogP contribution is -2.13. The van der Waals surface area contributed by atoms with E-state index < -0.39 is 11.9 Å². The molecular formula is C13H12N2O4S. The molecule has 0 saturated carbocycles. The molecule has 0 atom stereocenters. The maximum absolute atomic E-state index is 12.0. The molecule has 1 amide bonds. The molecule has 0 aliphatic rings. The van der Waals surface area contributed by atoms with E-state index in [1.54, 1.807) is 24.4 Å². The number of carbonyl (C=O) groups is 2. The molecule has 2 aromatic rings. The van der Waals surface area contributed by atoms with Gasteiger partial charge in [0.2, 0.25) is 0 Å². The number of nitrogens with zero attached hydrogens (tertiary/aromatic N) is 1. The van der Waals surface area contributed by atoms with Gasteiger partial charge in [0.25, 0.3) is 5.91 Å². The van der Waals surface area contributed by atoms with Gasteiger partial charge < -0.3 is 10.2 Å². The van der Waals surface area contributed by atoms with Gasteiger partial charge in [-0.1, -0.05) is 6.07 Å². The van der Waals surface area contributed by atoms with Crippen molar-refractivity contribution in [3.63, 3.8) is 0 Å². The molecule has 0 unspecified atom stereocenters. The first-order valence-electron chi connectivity index (χ1n) is 5.73. The van der Waals surface area contributed by atoms with Gasteiger partial charge in [-0.25, -0.2) is 4.98 Å². The molecule has 0 aliphatic carbocycles. The zero-order valence-corrected chi connectivity index (χ0v) is 11.4. The lowest BCUT2D eigenvalue weighted by molar-refractivity contribution is -0.136. The van der Waals surface area contributed by atoms with Gasteiger partial charge in [-0.05, 0) is 19.1 Å². The number of amides is 1. The summed E-state index contributed by atoms with van der Waals surface area (Å²) >= 11 is 1.16. The van der Waals surface area contributed by atoms with Crippen LogP contribution in [-0.4, -0.2) is 27.1 Å². The van der Waals surface area contributed by atoms with Crippen molar-refractivity contribution in [3.05, 3.63) is 40.4 Å². The van der Waals surface area contributed by atoms with E-state index in [1.807, 2.05) is 0 Å². The van der Waals surface area contributed by atoms with Crippen molar-refractivity contribution in [3.8, 4) is 5.75 Å². The normalized spacial score (nSPS) is 10.2. The van der Waals surface area contributed by atoms with Crippen molar-refractivity contribution in [1.82, 2.24) is 4.98 Å². The summed E-state index contributed by atoms with van der Waals surface area (Å²) in [6, 6.07) is 4.67. The lowest BCUT2D eigenvalue weighted by atomic mass is 10.1. The van der Waals surface area contributed by atoms with Crippen LogP contribution in [-0.2, 0) is 11.2 Å². The number of phenols is 1. The number of carboxylic acid groups (broad SMARTS) is 1. The van der Waals surface area contributed by atoms with Crippen molar-refractivity contribution in [2.45, 2.75) is 13.3 Å². The molecule has 0 aliphatic heterocycles. The van der Waals surface area contributed by atoms with Gasteiger partial charge in [0.1, 0.15) is 5.75 Å². The Morgan fingerprint density at radius 2 is 2.15 bits per heavy atom. The largest absolute Gasteiger partial charge is 0.508 e. The lowest BCUT2D eigenvalue weighted by Gasteiger charge is -2.06. The van der Waals surface area contributed by atoms with Gasteiger partial charge >= 0.3 is 5.97 Å². The number of hydrogen-bond donors (Lipinski definition) is 3. The number of aromatic hydroxyl groups is 1. The zero-order chi connectivity index (χ0) is 14.7. The van der Waals surface area contributed by atoms with Gasteiger partial charge in [-0.3, -0.25) is 14.9 Å². The fraction of sp³-hybridized carbons (Fsp3) is 0.154. The number of phenolic OH excluding ortho intramolecular Hbond substituents is 1. The smallest absolute Gasteiger partial charge is 0.309 e. The van der Waals surface area contributed by atoms with E-state index in [9.17, 15) is 14.7 Å². The quantitative estimate of drug-likeness (QED) is 0.800. The average molecular weight is 292 g/mol. The van der Waals surface area contributed by atoms with E-state index in [2.05, 4.69) is 10.3 Å². The first-order chi connectivity index (χ1) is 9.47. The summed E-state index contributed by atoms with van der Waals surface area (Å²) < 4.78 is 0. The summed E-state index contributed by atoms with van der Waals surface area (Å²) in [6.45, 7) is 1.64. The molecule has 2 rings (SSSR count). The molecule has 1 aromatic heterocycles. The highest BCUT2D eigenvalue weighted by molar-refractivity contribution is 7.14. The number of carbonyl (C=O) groups excluding carboxylic acids is 1. The molecule has 0 radical (unpaired) electrons. The molecule has 3 N–H and O–H groups in total. The molecular weight excluding hydrogens is 280 g/mol. The van der Waals surface area contributed by atoms with Crippen molar-refractivity contribution in [1.29, 1.82) is 0 Å². The number of rotatable bonds is 4. The van der Waals surface area contributed by atoms with E-state index in [0.29, 0.717) is 22.0 Å². The summed E-state index contributed by atoms with van der Waals surface area (Å²) in [7, 11) is 0. The van der Waals surface area contributed by atoms with Crippen LogP contribution in [0.2, 0.25) is 0 Å². The predicted molar refractivity (Wildman–Crippen MR) is 74.3 cm³/mol. The van der Waals surface area contributed by atoms with E-state index in [1.165, 1.54) is 6.07 Å². The van der Waals surface area contributed by atoms with Gasteiger partial charge in [0, 0.05) is 16.5 Å². The number of thiazole rings is 1. The van der Waals surface area contributed by atoms with Crippen molar-refractivity contribution >= 4 is 28.3 Å². The highest BCUT2D eigenvalue weighted by Gasteiger charge is 2.13. The van der Waals surface area contributed by atoms with Gasteiger partial charge in [-0.2, -0.15) is 0 Å². The molecule has 6 nitrogen and oxygen atoms in total. The number of carboxylic acids is 1. The molecule has 0 saturated heterocycles. The predicted octanol–water partition coefficient (Wildman–Crippen LogP) is 2.04. The minimum Gasteiger partial charge on any atom is -0.508 e. The standard InChI is InChI=1S/C13H12N2O4S/c1-7-9(3-2-4-10(7)16)12(19)15-13-14-8(6-20-13)5-11(17)18/h2-4,6,16H,5H2,1H3,(H,17,18)(H,14,15,19). The number of anilines is 1. The monoisotopic (exact) mass is 292 g/mol. The maximum Gasteiger partial charge on any atom is 0.309 e. The summed E-state index contributed by atoms with van der Waals surface area (Å²) in [5.41, 5.74) is 1.22. The van der Waals surface area contributed by atoms with Gasteiger partial charge in [-0.15, -0.1) is 11.3 Å². The van der Waals surface area contributed by atoms with Crippen LogP contribution in [0.3, 0.4) is 0 Å². The third-order valence-corrected chi connectivity index (χ3v) is 3.46. The molecule has 7 heteroatoms. The maximum atomic E-state index is 12.0. The second-order valence-electron chi connectivity index (χ2n) is 4.12. The minimum absolute atomic E-state index is 0.0448. The van der Waals surface area contributed by atoms with E-state index >= 15 is 0 Å². The van der Waals surface area contributed by atoms with Crippen LogP contribution in [0.5, 0.6) is 5.75 Å². The number of hydrogen-bond acceptors (Lipinski definition) is 5. The van der Waals surface area contributed by atoms with E-state index in [4.69, 9.17) is 5.11 Å². The van der Waals surface area contributed by atoms with Crippen molar-refractivity contribution in [2.24, 2.45) is 0 Å². The second-order valence-corrected chi connectivity index (χ2v) is 4.98. The van der Waals surface area contributed by atoms with Crippen molar-refractivity contribution in [2.75, 3.05) is 5.32 Å². The summed E-state index contributed by atoms with van der Waals surface area (Å²) in [5, 5.41) is 22.7. The van der Waals surface area contributed by atoms with Crippen LogP contribution in [0.1, 0.15) is 21.6 Å². The Morgan fingerprint density at radius 3 is 2.85 bits per heavy atom. The summed E-state index contributed by atoms with van der Waals surface area (Å²) in [4.78, 5) is 26.6. The SMILES string of the molecule is Cc1c(O)cccc1C(=O)Nc1nc(CC(=O)O)cs1. The van der Waals surface area contributed by atoms with Crippen molar-refractivity contribution < 1.29 is 19.8 Å². The third-order valence-electron chi connectivity index (χ3n) is 2.65. The zero-order valence-electron chi connectivity index (χ0n) is 10.6. The first kappa shape index (κ1) is 14.0. The second kappa shape index (κ2) is 5.70. The number of benzene rings is 1. The summed E-state index contributed by atoms with van der Waals surface area (Å²) in [5.74, 6) is -1.32. The average Bonchev–Trinajstić information content (AvgIpc) is 2.79. The van der Waals surface area contributed by atoms with Crippen LogP contribution >= 0.6 is 11.3 Å². The highest BCUT2D eigenvalue weighted by Crippen LogP contribution is 2.22. The van der Waals surface area contributed by atoms with Crippen LogP contribution in [0, 0.1) is 6.92 Å². The van der Waals surface area contributed by atoms with E-state index in [0.717, 1.165) is 11.3 Å². The van der Waals surface area contributed by atoms with Crippen LogP contribution in [0.15, 0.2) is 23.6 Å². The van der Waals surface area contributed by atoms with Crippen LogP contribution in [0.25, 0.3) is 0 Å². The van der Waals surface area contributed by atoms with Gasteiger partial charge in [0.15, 0.2) is 5.13 Å². The Morgan fingerprint density at radius 1 is 1.40 bits per heavy atom. The fourth-order valence-electron chi connectivity index (χ4n) is 1.63. The summed E-state index contributed by atoms with van der Waals surface area (Å²) in [6.07, 6.45) is -0.183. The third kappa shape index (κ3) is 3.12. The Hall–Kier alpha value is -2.41. The number of nitrogens with one attached hydrogen (secondary N) is 1. The van der Waals surface area contributed by atoms with E-state index in [-0.39, 0.29) is 12.2 Å². The molecule has 20 heavy (non-hydrogen) atoms. The number of aromatic nitrogens is 1. The Bertz CT molecular complexity index is 666. The molecule has 0 fully saturated rings. The minimum atomic E-state index is -0.975. The first-order valence-corrected chi connectivity index (χ1v) is 6.61. The highest BCUT2D eigenvalue weighted by atomic mass is 32.1. The molecule has 0 bridgehead atoms. The topological polar surface area (TPSA) is 99.5 Å². The van der Waals surface area contributed by atoms with Gasteiger partial charge in [0.05, 0.1) is 12.1 Å². The molecule has 0 spiro atoms. The Balaban J connectivity index is 2.13. The fourth-order valence-corrected chi connectivity index (χ4v) is 2.34. The molecule has 1 heterocycles. The van der Waals surface area contributed by atoms with Crippen LogP contribution < -0.4 is 5.32 Å². The Labute approximate surface area is 118 Å². The van der Waals surface area contributed by atoms with Crippen LogP contribution in [0.4, 0.5) is 5.13 Å². The number of aliphatic carboxylic acids is 1.